The normalized spacial score (nSPS) is 50.8. The third kappa shape index (κ3) is 1.25. The van der Waals surface area contributed by atoms with E-state index in [1.165, 1.54) is 0 Å². The highest BCUT2D eigenvalue weighted by Gasteiger charge is 2.61. The number of fused-ring (bicyclic) bond motifs is 2. The van der Waals surface area contributed by atoms with Crippen LogP contribution in [0.15, 0.2) is 0 Å². The van der Waals surface area contributed by atoms with Gasteiger partial charge < -0.3 is 20.6 Å². The lowest BCUT2D eigenvalue weighted by Gasteiger charge is -2.38. The van der Waals surface area contributed by atoms with Crippen molar-refractivity contribution < 1.29 is 24.1 Å². The van der Waals surface area contributed by atoms with Crippen LogP contribution in [-0.2, 0) is 0 Å². The average molecular weight is 209 g/mol. The van der Waals surface area contributed by atoms with Crippen LogP contribution in [-0.4, -0.2) is 51.6 Å². The van der Waals surface area contributed by atoms with E-state index in [1.807, 2.05) is 0 Å². The molecule has 0 aliphatic carbocycles. The van der Waals surface area contributed by atoms with E-state index in [2.05, 4.69) is 5.32 Å². The minimum Gasteiger partial charge on any atom is -0.394 e. The Bertz CT molecular complexity index is 251. The molecule has 2 aliphatic heterocycles. The topological polar surface area (TPSA) is 72.7 Å². The molecule has 0 radical (unpaired) electrons. The second kappa shape index (κ2) is 2.85. The number of aliphatic hydroxyl groups excluding tert-OH is 3. The fourth-order valence-electron chi connectivity index (χ4n) is 2.46. The number of hydrogen-bond donors (Lipinski definition) is 4. The Morgan fingerprint density at radius 2 is 2.00 bits per heavy atom. The third-order valence-corrected chi connectivity index (χ3v) is 3.15. The zero-order valence-electron chi connectivity index (χ0n) is 7.45. The molecule has 0 spiro atoms. The lowest BCUT2D eigenvalue weighted by molar-refractivity contribution is -0.0874. The largest absolute Gasteiger partial charge is 0.394 e. The first-order chi connectivity index (χ1) is 6.40. The second-order valence-electron chi connectivity index (χ2n) is 4.24. The SMILES string of the molecule is OCC12CC(F)(F)CC(N1)C(O)C2O. The quantitative estimate of drug-likeness (QED) is 0.439. The van der Waals surface area contributed by atoms with Crippen LogP contribution in [0.4, 0.5) is 8.78 Å². The molecule has 0 saturated carbocycles. The zero-order chi connectivity index (χ0) is 10.6. The smallest absolute Gasteiger partial charge is 0.251 e. The number of hydrogen-bond acceptors (Lipinski definition) is 4. The molecule has 4 N–H and O–H groups in total. The summed E-state index contributed by atoms with van der Waals surface area (Å²) in [7, 11) is 0. The summed E-state index contributed by atoms with van der Waals surface area (Å²) in [5.41, 5.74) is -1.44. The van der Waals surface area contributed by atoms with E-state index < -0.39 is 49.2 Å². The number of rotatable bonds is 1. The van der Waals surface area contributed by atoms with Crippen molar-refractivity contribution in [2.45, 2.75) is 42.6 Å². The molecular formula is C8H13F2NO3. The number of alkyl halides is 2. The Balaban J connectivity index is 2.31. The molecule has 2 bridgehead atoms. The molecule has 0 amide bonds. The van der Waals surface area contributed by atoms with E-state index in [-0.39, 0.29) is 0 Å². The zero-order valence-corrected chi connectivity index (χ0v) is 7.45. The average Bonchev–Trinajstić information content (AvgIpc) is 2.28. The van der Waals surface area contributed by atoms with Gasteiger partial charge in [-0.1, -0.05) is 0 Å². The van der Waals surface area contributed by atoms with Gasteiger partial charge in [-0.2, -0.15) is 0 Å². The summed E-state index contributed by atoms with van der Waals surface area (Å²) in [5, 5.41) is 30.7. The summed E-state index contributed by atoms with van der Waals surface area (Å²) in [6, 6.07) is -0.833. The first-order valence-electron chi connectivity index (χ1n) is 4.53. The number of piperidine rings is 1. The molecule has 82 valence electrons. The Morgan fingerprint density at radius 3 is 2.57 bits per heavy atom. The van der Waals surface area contributed by atoms with Crippen LogP contribution in [0.2, 0.25) is 0 Å². The lowest BCUT2D eigenvalue weighted by Crippen LogP contribution is -2.59. The first kappa shape index (κ1) is 10.2. The maximum Gasteiger partial charge on any atom is 0.251 e. The maximum atomic E-state index is 13.2. The van der Waals surface area contributed by atoms with Crippen LogP contribution < -0.4 is 5.32 Å². The molecule has 2 rings (SSSR count). The third-order valence-electron chi connectivity index (χ3n) is 3.15. The van der Waals surface area contributed by atoms with E-state index in [0.717, 1.165) is 0 Å². The molecular weight excluding hydrogens is 196 g/mol. The van der Waals surface area contributed by atoms with Gasteiger partial charge in [-0.25, -0.2) is 8.78 Å². The Kier molecular flexibility index (Phi) is 2.08. The van der Waals surface area contributed by atoms with Crippen molar-refractivity contribution in [2.75, 3.05) is 6.61 Å². The lowest BCUT2D eigenvalue weighted by atomic mass is 9.87. The van der Waals surface area contributed by atoms with Gasteiger partial charge in [0.05, 0.1) is 18.2 Å². The molecule has 2 saturated heterocycles. The van der Waals surface area contributed by atoms with Crippen molar-refractivity contribution in [1.29, 1.82) is 0 Å². The molecule has 0 aromatic heterocycles. The standard InChI is InChI=1S/C8H13F2NO3/c9-8(10)1-4-5(13)6(14)7(2-8,3-12)11-4/h4-6,11-14H,1-3H2. The molecule has 4 unspecified atom stereocenters. The van der Waals surface area contributed by atoms with Crippen molar-refractivity contribution in [3.05, 3.63) is 0 Å². The summed E-state index contributed by atoms with van der Waals surface area (Å²) in [6.45, 7) is -0.600. The van der Waals surface area contributed by atoms with E-state index in [1.54, 1.807) is 0 Å². The van der Waals surface area contributed by atoms with Crippen molar-refractivity contribution in [3.63, 3.8) is 0 Å². The van der Waals surface area contributed by atoms with Gasteiger partial charge in [-0.15, -0.1) is 0 Å². The van der Waals surface area contributed by atoms with Gasteiger partial charge in [0.15, 0.2) is 0 Å². The highest BCUT2D eigenvalue weighted by atomic mass is 19.3. The molecule has 6 heteroatoms. The van der Waals surface area contributed by atoms with Gasteiger partial charge in [-0.3, -0.25) is 0 Å². The Hall–Kier alpha value is -0.300. The predicted molar refractivity (Wildman–Crippen MR) is 42.9 cm³/mol. The molecule has 4 nitrogen and oxygen atoms in total. The minimum absolute atomic E-state index is 0.493. The summed E-state index contributed by atoms with van der Waals surface area (Å²) in [5.74, 6) is -2.93. The highest BCUT2D eigenvalue weighted by Crippen LogP contribution is 2.43. The number of aliphatic hydroxyl groups is 3. The van der Waals surface area contributed by atoms with Crippen LogP contribution >= 0.6 is 0 Å². The van der Waals surface area contributed by atoms with Gasteiger partial charge >= 0.3 is 0 Å². The summed E-state index contributed by atoms with van der Waals surface area (Å²) in [4.78, 5) is 0. The van der Waals surface area contributed by atoms with Crippen molar-refractivity contribution in [2.24, 2.45) is 0 Å². The van der Waals surface area contributed by atoms with Crippen LogP contribution in [0.5, 0.6) is 0 Å². The molecule has 0 aromatic carbocycles. The molecule has 2 fully saturated rings. The second-order valence-corrected chi connectivity index (χ2v) is 4.24. The monoisotopic (exact) mass is 209 g/mol. The molecule has 0 aromatic rings. The van der Waals surface area contributed by atoms with Gasteiger partial charge in [0.1, 0.15) is 6.10 Å². The van der Waals surface area contributed by atoms with Crippen molar-refractivity contribution in [3.8, 4) is 0 Å². The Labute approximate surface area is 79.5 Å². The van der Waals surface area contributed by atoms with E-state index in [0.29, 0.717) is 0 Å². The maximum absolute atomic E-state index is 13.2. The van der Waals surface area contributed by atoms with Gasteiger partial charge in [-0.05, 0) is 0 Å². The molecule has 2 heterocycles. The number of halogens is 2. The van der Waals surface area contributed by atoms with Crippen LogP contribution in [0, 0.1) is 0 Å². The molecule has 4 atom stereocenters. The summed E-state index contributed by atoms with van der Waals surface area (Å²) in [6.07, 6.45) is -3.68. The van der Waals surface area contributed by atoms with E-state index >= 15 is 0 Å². The van der Waals surface area contributed by atoms with Gasteiger partial charge in [0.2, 0.25) is 0 Å². The Morgan fingerprint density at radius 1 is 1.36 bits per heavy atom. The summed E-state index contributed by atoms with van der Waals surface area (Å²) < 4.78 is 26.3. The highest BCUT2D eigenvalue weighted by molar-refractivity contribution is 5.15. The van der Waals surface area contributed by atoms with Crippen LogP contribution in [0.25, 0.3) is 0 Å². The van der Waals surface area contributed by atoms with Crippen LogP contribution in [0.1, 0.15) is 12.8 Å². The first-order valence-corrected chi connectivity index (χ1v) is 4.53. The fourth-order valence-corrected chi connectivity index (χ4v) is 2.46. The van der Waals surface area contributed by atoms with Gasteiger partial charge in [0, 0.05) is 18.9 Å². The fraction of sp³-hybridized carbons (Fsp3) is 1.00. The molecule has 14 heavy (non-hydrogen) atoms. The van der Waals surface area contributed by atoms with Crippen molar-refractivity contribution in [1.82, 2.24) is 5.32 Å². The predicted octanol–water partition coefficient (Wildman–Crippen LogP) is -1.16. The van der Waals surface area contributed by atoms with Crippen LogP contribution in [0.3, 0.4) is 0 Å². The number of nitrogens with one attached hydrogen (secondary N) is 1. The molecule has 2 aliphatic rings. The summed E-state index contributed by atoms with van der Waals surface area (Å²) >= 11 is 0. The van der Waals surface area contributed by atoms with Gasteiger partial charge in [0.25, 0.3) is 5.92 Å². The minimum atomic E-state index is -2.93. The van der Waals surface area contributed by atoms with E-state index in [4.69, 9.17) is 5.11 Å². The van der Waals surface area contributed by atoms with E-state index in [9.17, 15) is 19.0 Å². The van der Waals surface area contributed by atoms with Crippen molar-refractivity contribution >= 4 is 0 Å².